The lowest BCUT2D eigenvalue weighted by atomic mass is 10.1. The minimum atomic E-state index is -0.276. The van der Waals surface area contributed by atoms with Gasteiger partial charge in [0.15, 0.2) is 0 Å². The van der Waals surface area contributed by atoms with Gasteiger partial charge >= 0.3 is 0 Å². The number of hydrogen-bond acceptors (Lipinski definition) is 4. The molecule has 0 atom stereocenters. The van der Waals surface area contributed by atoms with E-state index in [1.807, 2.05) is 13.8 Å². The van der Waals surface area contributed by atoms with Gasteiger partial charge in [-0.15, -0.1) is 0 Å². The van der Waals surface area contributed by atoms with Crippen molar-refractivity contribution >= 4 is 5.82 Å². The van der Waals surface area contributed by atoms with Crippen LogP contribution in [0.25, 0.3) is 0 Å². The van der Waals surface area contributed by atoms with Gasteiger partial charge in [0.1, 0.15) is 24.6 Å². The summed E-state index contributed by atoms with van der Waals surface area (Å²) in [6, 6.07) is 6.55. The van der Waals surface area contributed by atoms with Crippen LogP contribution in [0, 0.1) is 5.82 Å². The van der Waals surface area contributed by atoms with Crippen molar-refractivity contribution < 1.29 is 9.13 Å². The Morgan fingerprint density at radius 3 is 2.65 bits per heavy atom. The Morgan fingerprint density at radius 1 is 1.25 bits per heavy atom. The molecule has 106 valence electrons. The first-order valence-corrected chi connectivity index (χ1v) is 6.52. The van der Waals surface area contributed by atoms with Crippen LogP contribution in [0.4, 0.5) is 10.2 Å². The lowest BCUT2D eigenvalue weighted by molar-refractivity contribution is 0.283. The second-order valence-electron chi connectivity index (χ2n) is 4.73. The Balaban J connectivity index is 2.24. The fourth-order valence-corrected chi connectivity index (χ4v) is 1.98. The number of nitrogens with zero attached hydrogens (tertiary/aromatic N) is 2. The molecule has 1 N–H and O–H groups in total. The smallest absolute Gasteiger partial charge is 0.222 e. The maximum Gasteiger partial charge on any atom is 0.222 e. The van der Waals surface area contributed by atoms with Gasteiger partial charge in [-0.25, -0.2) is 14.4 Å². The molecule has 0 aliphatic heterocycles. The predicted molar refractivity (Wildman–Crippen MR) is 76.4 cm³/mol. The highest BCUT2D eigenvalue weighted by atomic mass is 19.1. The largest absolute Gasteiger partial charge is 0.472 e. The molecule has 0 saturated carbocycles. The van der Waals surface area contributed by atoms with Gasteiger partial charge in [0, 0.05) is 12.6 Å². The summed E-state index contributed by atoms with van der Waals surface area (Å²) in [4.78, 5) is 8.33. The number of ether oxygens (including phenoxy) is 1. The molecule has 0 aliphatic carbocycles. The molecule has 1 aromatic heterocycles. The SMILES string of the molecule is CNc1ncnc(OCc2ccccc2F)c1C(C)C. The van der Waals surface area contributed by atoms with Crippen LogP contribution in [-0.2, 0) is 6.61 Å². The zero-order valence-electron chi connectivity index (χ0n) is 11.9. The minimum absolute atomic E-state index is 0.145. The number of benzene rings is 1. The van der Waals surface area contributed by atoms with Crippen molar-refractivity contribution in [3.8, 4) is 5.88 Å². The molecule has 2 aromatic rings. The third kappa shape index (κ3) is 3.04. The third-order valence-corrected chi connectivity index (χ3v) is 2.98. The van der Waals surface area contributed by atoms with Crippen molar-refractivity contribution in [1.29, 1.82) is 0 Å². The van der Waals surface area contributed by atoms with Crippen LogP contribution in [0.15, 0.2) is 30.6 Å². The molecule has 0 bridgehead atoms. The van der Waals surface area contributed by atoms with E-state index in [2.05, 4.69) is 15.3 Å². The third-order valence-electron chi connectivity index (χ3n) is 2.98. The first-order chi connectivity index (χ1) is 9.63. The Bertz CT molecular complexity index is 587. The van der Waals surface area contributed by atoms with Crippen molar-refractivity contribution in [1.82, 2.24) is 9.97 Å². The number of aromatic nitrogens is 2. The Hall–Kier alpha value is -2.17. The van der Waals surface area contributed by atoms with Crippen molar-refractivity contribution in [3.05, 3.63) is 47.5 Å². The van der Waals surface area contributed by atoms with E-state index in [0.29, 0.717) is 11.4 Å². The zero-order chi connectivity index (χ0) is 14.5. The van der Waals surface area contributed by atoms with Crippen LogP contribution < -0.4 is 10.1 Å². The van der Waals surface area contributed by atoms with Crippen LogP contribution in [0.5, 0.6) is 5.88 Å². The molecule has 0 radical (unpaired) electrons. The summed E-state index contributed by atoms with van der Waals surface area (Å²) < 4.78 is 19.2. The standard InChI is InChI=1S/C15H18FN3O/c1-10(2)13-14(17-3)18-9-19-15(13)20-8-11-6-4-5-7-12(11)16/h4-7,9-10H,8H2,1-3H3,(H,17,18,19). The predicted octanol–water partition coefficient (Wildman–Crippen LogP) is 3.36. The average Bonchev–Trinajstić information content (AvgIpc) is 2.45. The molecule has 0 saturated heterocycles. The number of anilines is 1. The number of rotatable bonds is 5. The zero-order valence-corrected chi connectivity index (χ0v) is 11.9. The van der Waals surface area contributed by atoms with Gasteiger partial charge in [0.25, 0.3) is 0 Å². The summed E-state index contributed by atoms with van der Waals surface area (Å²) in [6.07, 6.45) is 1.44. The Kier molecular flexibility index (Phi) is 4.50. The Morgan fingerprint density at radius 2 is 2.00 bits per heavy atom. The van der Waals surface area contributed by atoms with E-state index in [-0.39, 0.29) is 18.3 Å². The van der Waals surface area contributed by atoms with Crippen LogP contribution >= 0.6 is 0 Å². The van der Waals surface area contributed by atoms with Gasteiger partial charge < -0.3 is 10.1 Å². The summed E-state index contributed by atoms with van der Waals surface area (Å²) >= 11 is 0. The molecule has 4 nitrogen and oxygen atoms in total. The summed E-state index contributed by atoms with van der Waals surface area (Å²) in [5, 5.41) is 3.02. The minimum Gasteiger partial charge on any atom is -0.472 e. The normalized spacial score (nSPS) is 10.7. The van der Waals surface area contributed by atoms with E-state index < -0.39 is 0 Å². The fraction of sp³-hybridized carbons (Fsp3) is 0.333. The summed E-state index contributed by atoms with van der Waals surface area (Å²) in [5.74, 6) is 1.15. The lowest BCUT2D eigenvalue weighted by Crippen LogP contribution is -2.07. The van der Waals surface area contributed by atoms with E-state index in [4.69, 9.17) is 4.74 Å². The van der Waals surface area contributed by atoms with E-state index in [0.717, 1.165) is 11.4 Å². The fourth-order valence-electron chi connectivity index (χ4n) is 1.98. The second-order valence-corrected chi connectivity index (χ2v) is 4.73. The highest BCUT2D eigenvalue weighted by Gasteiger charge is 2.15. The average molecular weight is 275 g/mol. The van der Waals surface area contributed by atoms with Crippen LogP contribution in [-0.4, -0.2) is 17.0 Å². The van der Waals surface area contributed by atoms with Crippen molar-refractivity contribution in [2.75, 3.05) is 12.4 Å². The van der Waals surface area contributed by atoms with Crippen LogP contribution in [0.2, 0.25) is 0 Å². The molecule has 1 aromatic carbocycles. The summed E-state index contributed by atoms with van der Waals surface area (Å²) in [7, 11) is 1.80. The summed E-state index contributed by atoms with van der Waals surface area (Å²) in [5.41, 5.74) is 1.40. The van der Waals surface area contributed by atoms with Gasteiger partial charge in [-0.3, -0.25) is 0 Å². The molecule has 0 unspecified atom stereocenters. The topological polar surface area (TPSA) is 47.0 Å². The molecule has 1 heterocycles. The van der Waals surface area contributed by atoms with E-state index >= 15 is 0 Å². The maximum absolute atomic E-state index is 13.6. The van der Waals surface area contributed by atoms with Crippen molar-refractivity contribution in [2.45, 2.75) is 26.4 Å². The molecule has 20 heavy (non-hydrogen) atoms. The maximum atomic E-state index is 13.6. The van der Waals surface area contributed by atoms with Gasteiger partial charge in [-0.05, 0) is 12.0 Å². The number of hydrogen-bond donors (Lipinski definition) is 1. The highest BCUT2D eigenvalue weighted by Crippen LogP contribution is 2.30. The molecule has 0 fully saturated rings. The Labute approximate surface area is 118 Å². The molecular formula is C15H18FN3O. The van der Waals surface area contributed by atoms with Crippen LogP contribution in [0.3, 0.4) is 0 Å². The van der Waals surface area contributed by atoms with Gasteiger partial charge in [-0.2, -0.15) is 0 Å². The van der Waals surface area contributed by atoms with E-state index in [1.165, 1.54) is 12.4 Å². The van der Waals surface area contributed by atoms with Crippen LogP contribution in [0.1, 0.15) is 30.9 Å². The molecule has 0 aliphatic rings. The van der Waals surface area contributed by atoms with E-state index in [1.54, 1.807) is 25.2 Å². The van der Waals surface area contributed by atoms with E-state index in [9.17, 15) is 4.39 Å². The van der Waals surface area contributed by atoms with Crippen molar-refractivity contribution in [3.63, 3.8) is 0 Å². The number of halogens is 1. The summed E-state index contributed by atoms with van der Waals surface area (Å²) in [6.45, 7) is 4.22. The number of nitrogens with one attached hydrogen (secondary N) is 1. The van der Waals surface area contributed by atoms with Gasteiger partial charge in [0.05, 0.1) is 5.56 Å². The van der Waals surface area contributed by atoms with Gasteiger partial charge in [-0.1, -0.05) is 32.0 Å². The van der Waals surface area contributed by atoms with Gasteiger partial charge in [0.2, 0.25) is 5.88 Å². The molecule has 0 spiro atoms. The molecule has 0 amide bonds. The first-order valence-electron chi connectivity index (χ1n) is 6.52. The molecule has 2 rings (SSSR count). The highest BCUT2D eigenvalue weighted by molar-refractivity contribution is 5.50. The van der Waals surface area contributed by atoms with Crippen molar-refractivity contribution in [2.24, 2.45) is 0 Å². The molecule has 5 heteroatoms. The second kappa shape index (κ2) is 6.32. The quantitative estimate of drug-likeness (QED) is 0.909. The monoisotopic (exact) mass is 275 g/mol. The first kappa shape index (κ1) is 14.2. The lowest BCUT2D eigenvalue weighted by Gasteiger charge is -2.16. The molecular weight excluding hydrogens is 257 g/mol.